The van der Waals surface area contributed by atoms with Gasteiger partial charge in [0.15, 0.2) is 0 Å². The van der Waals surface area contributed by atoms with Crippen LogP contribution in [-0.2, 0) is 9.63 Å². The zero-order valence-electron chi connectivity index (χ0n) is 14.6. The van der Waals surface area contributed by atoms with E-state index in [-0.39, 0.29) is 11.9 Å². The number of hydroxylamine groups is 2. The van der Waals surface area contributed by atoms with Crippen LogP contribution in [0.15, 0.2) is 48.8 Å². The van der Waals surface area contributed by atoms with Crippen LogP contribution >= 0.6 is 0 Å². The van der Waals surface area contributed by atoms with Crippen molar-refractivity contribution in [3.63, 3.8) is 0 Å². The summed E-state index contributed by atoms with van der Waals surface area (Å²) in [6, 6.07) is 12.0. The Morgan fingerprint density at radius 1 is 1.16 bits per heavy atom. The minimum Gasteiger partial charge on any atom is -0.345 e. The highest BCUT2D eigenvalue weighted by molar-refractivity contribution is 5.77. The molecular formula is C20H25N3O2. The van der Waals surface area contributed by atoms with E-state index in [1.165, 1.54) is 5.56 Å². The van der Waals surface area contributed by atoms with Gasteiger partial charge in [0.1, 0.15) is 0 Å². The van der Waals surface area contributed by atoms with Crippen LogP contribution in [0.5, 0.6) is 0 Å². The molecule has 1 N–H and O–H groups in total. The summed E-state index contributed by atoms with van der Waals surface area (Å²) in [6.45, 7) is 4.34. The number of carbonyl (C=O) groups is 1. The monoisotopic (exact) mass is 339 g/mol. The van der Waals surface area contributed by atoms with Crippen LogP contribution in [0.2, 0.25) is 0 Å². The van der Waals surface area contributed by atoms with Gasteiger partial charge in [0.2, 0.25) is 5.91 Å². The Hall–Kier alpha value is -2.24. The third kappa shape index (κ3) is 5.11. The molecule has 2 heterocycles. The molecule has 1 aliphatic heterocycles. The van der Waals surface area contributed by atoms with Gasteiger partial charge in [-0.25, -0.2) is 0 Å². The lowest BCUT2D eigenvalue weighted by molar-refractivity contribution is -0.181. The summed E-state index contributed by atoms with van der Waals surface area (Å²) < 4.78 is 0. The van der Waals surface area contributed by atoms with E-state index < -0.39 is 0 Å². The van der Waals surface area contributed by atoms with Crippen molar-refractivity contribution in [2.75, 3.05) is 19.7 Å². The molecule has 1 atom stereocenters. The Balaban J connectivity index is 1.66. The second kappa shape index (κ2) is 8.74. The zero-order chi connectivity index (χ0) is 17.5. The molecule has 1 aromatic heterocycles. The number of nitrogens with zero attached hydrogens (tertiary/aromatic N) is 2. The second-order valence-corrected chi connectivity index (χ2v) is 6.41. The summed E-state index contributed by atoms with van der Waals surface area (Å²) in [5.41, 5.74) is 3.30. The first kappa shape index (κ1) is 17.6. The Morgan fingerprint density at radius 3 is 2.56 bits per heavy atom. The topological polar surface area (TPSA) is 54.5 Å². The third-order valence-corrected chi connectivity index (χ3v) is 4.42. The first-order valence-corrected chi connectivity index (χ1v) is 8.86. The fourth-order valence-electron chi connectivity index (χ4n) is 2.96. The van der Waals surface area contributed by atoms with Crippen molar-refractivity contribution in [1.29, 1.82) is 0 Å². The molecule has 1 amide bonds. The van der Waals surface area contributed by atoms with Crippen LogP contribution in [0.4, 0.5) is 0 Å². The maximum Gasteiger partial charge on any atom is 0.222 e. The Labute approximate surface area is 149 Å². The fraction of sp³-hybridized carbons (Fsp3) is 0.400. The number of aryl methyl sites for hydroxylation is 1. The zero-order valence-corrected chi connectivity index (χ0v) is 14.6. The van der Waals surface area contributed by atoms with E-state index >= 15 is 0 Å². The quantitative estimate of drug-likeness (QED) is 0.879. The van der Waals surface area contributed by atoms with E-state index in [4.69, 9.17) is 4.84 Å². The Morgan fingerprint density at radius 2 is 1.88 bits per heavy atom. The number of amides is 1. The summed E-state index contributed by atoms with van der Waals surface area (Å²) in [5, 5.41) is 5.06. The summed E-state index contributed by atoms with van der Waals surface area (Å²) in [7, 11) is 0. The lowest BCUT2D eigenvalue weighted by Gasteiger charge is -2.26. The van der Waals surface area contributed by atoms with Crippen molar-refractivity contribution < 1.29 is 9.63 Å². The van der Waals surface area contributed by atoms with Gasteiger partial charge in [-0.2, -0.15) is 5.06 Å². The number of nitrogens with one attached hydrogen (secondary N) is 1. The van der Waals surface area contributed by atoms with Crippen LogP contribution in [0.3, 0.4) is 0 Å². The van der Waals surface area contributed by atoms with Crippen molar-refractivity contribution in [1.82, 2.24) is 15.4 Å². The highest BCUT2D eigenvalue weighted by Crippen LogP contribution is 2.22. The highest BCUT2D eigenvalue weighted by atomic mass is 16.7. The first-order chi connectivity index (χ1) is 12.2. The number of carbonyl (C=O) groups excluding carboxylic acids is 1. The Kier molecular flexibility index (Phi) is 6.14. The molecule has 25 heavy (non-hydrogen) atoms. The largest absolute Gasteiger partial charge is 0.345 e. The van der Waals surface area contributed by atoms with E-state index in [0.717, 1.165) is 37.1 Å². The van der Waals surface area contributed by atoms with Gasteiger partial charge in [-0.15, -0.1) is 0 Å². The standard InChI is InChI=1S/C20H25N3O2/c1-16-4-6-17(7-5-16)20(18-8-11-21-12-9-18)22-19(24)10-14-23-13-2-3-15-25-23/h4-9,11-12,20H,2-3,10,13-15H2,1H3,(H,22,24)/t20-/m0/s1. The normalized spacial score (nSPS) is 16.4. The number of hydrogen-bond donors (Lipinski definition) is 1. The van der Waals surface area contributed by atoms with Crippen molar-refractivity contribution in [3.05, 3.63) is 65.5 Å². The maximum absolute atomic E-state index is 12.5. The number of hydrogen-bond acceptors (Lipinski definition) is 4. The second-order valence-electron chi connectivity index (χ2n) is 6.41. The van der Waals surface area contributed by atoms with Crippen molar-refractivity contribution in [2.45, 2.75) is 32.2 Å². The van der Waals surface area contributed by atoms with Crippen molar-refractivity contribution >= 4 is 5.91 Å². The third-order valence-electron chi connectivity index (χ3n) is 4.42. The van der Waals surface area contributed by atoms with Crippen LogP contribution in [0, 0.1) is 6.92 Å². The van der Waals surface area contributed by atoms with Gasteiger partial charge in [-0.05, 0) is 43.0 Å². The van der Waals surface area contributed by atoms with Crippen LogP contribution in [0.1, 0.15) is 42.0 Å². The number of benzene rings is 1. The van der Waals surface area contributed by atoms with Crippen LogP contribution in [-0.4, -0.2) is 35.7 Å². The number of rotatable bonds is 6. The first-order valence-electron chi connectivity index (χ1n) is 8.86. The number of pyridine rings is 1. The molecule has 0 spiro atoms. The smallest absolute Gasteiger partial charge is 0.222 e. The fourth-order valence-corrected chi connectivity index (χ4v) is 2.96. The molecular weight excluding hydrogens is 314 g/mol. The predicted octanol–water partition coefficient (Wildman–Crippen LogP) is 3.01. The van der Waals surface area contributed by atoms with Gasteiger partial charge in [0.05, 0.1) is 12.6 Å². The molecule has 1 aromatic carbocycles. The van der Waals surface area contributed by atoms with E-state index in [1.54, 1.807) is 12.4 Å². The predicted molar refractivity (Wildman–Crippen MR) is 96.8 cm³/mol. The van der Waals surface area contributed by atoms with E-state index in [9.17, 15) is 4.79 Å². The molecule has 0 unspecified atom stereocenters. The molecule has 132 valence electrons. The molecule has 5 heteroatoms. The van der Waals surface area contributed by atoms with Gasteiger partial charge in [-0.1, -0.05) is 29.8 Å². The van der Waals surface area contributed by atoms with Crippen molar-refractivity contribution in [3.8, 4) is 0 Å². The van der Waals surface area contributed by atoms with Gasteiger partial charge < -0.3 is 5.32 Å². The maximum atomic E-state index is 12.5. The molecule has 1 saturated heterocycles. The molecule has 5 nitrogen and oxygen atoms in total. The molecule has 2 aromatic rings. The lowest BCUT2D eigenvalue weighted by atomic mass is 9.98. The van der Waals surface area contributed by atoms with Gasteiger partial charge in [0.25, 0.3) is 0 Å². The molecule has 3 rings (SSSR count). The molecule has 0 bridgehead atoms. The SMILES string of the molecule is Cc1ccc([C@H](NC(=O)CCN2CCCCO2)c2ccncc2)cc1. The average molecular weight is 339 g/mol. The van der Waals surface area contributed by atoms with Gasteiger partial charge in [-0.3, -0.25) is 14.6 Å². The highest BCUT2D eigenvalue weighted by Gasteiger charge is 2.18. The molecule has 0 radical (unpaired) electrons. The Bertz CT molecular complexity index is 667. The summed E-state index contributed by atoms with van der Waals surface area (Å²) in [6.07, 6.45) is 6.16. The molecule has 0 saturated carbocycles. The van der Waals surface area contributed by atoms with Crippen LogP contribution < -0.4 is 5.32 Å². The van der Waals surface area contributed by atoms with Crippen molar-refractivity contribution in [2.24, 2.45) is 0 Å². The molecule has 1 aliphatic rings. The molecule has 0 aliphatic carbocycles. The van der Waals surface area contributed by atoms with Crippen LogP contribution in [0.25, 0.3) is 0 Å². The lowest BCUT2D eigenvalue weighted by Crippen LogP contribution is -2.35. The summed E-state index contributed by atoms with van der Waals surface area (Å²) in [5.74, 6) is 0.0246. The summed E-state index contributed by atoms with van der Waals surface area (Å²) >= 11 is 0. The summed E-state index contributed by atoms with van der Waals surface area (Å²) in [4.78, 5) is 22.1. The van der Waals surface area contributed by atoms with Gasteiger partial charge >= 0.3 is 0 Å². The van der Waals surface area contributed by atoms with E-state index in [2.05, 4.69) is 41.5 Å². The average Bonchev–Trinajstić information content (AvgIpc) is 2.67. The van der Waals surface area contributed by atoms with Gasteiger partial charge in [0, 0.05) is 31.9 Å². The van der Waals surface area contributed by atoms with E-state index in [1.807, 2.05) is 17.2 Å². The molecule has 1 fully saturated rings. The minimum atomic E-state index is -0.168. The minimum absolute atomic E-state index is 0.0246. The number of aromatic nitrogens is 1. The van der Waals surface area contributed by atoms with E-state index in [0.29, 0.717) is 13.0 Å².